The van der Waals surface area contributed by atoms with Crippen LogP contribution in [0.5, 0.6) is 0 Å². The van der Waals surface area contributed by atoms with Crippen molar-refractivity contribution in [2.24, 2.45) is 5.10 Å². The highest BCUT2D eigenvalue weighted by atomic mass is 32.2. The van der Waals surface area contributed by atoms with Crippen LogP contribution in [0.3, 0.4) is 0 Å². The van der Waals surface area contributed by atoms with Gasteiger partial charge >= 0.3 is 0 Å². The topological polar surface area (TPSA) is 139 Å². The number of imide groups is 1. The number of rotatable bonds is 6. The second kappa shape index (κ2) is 7.19. The van der Waals surface area contributed by atoms with Gasteiger partial charge in [-0.2, -0.15) is 13.5 Å². The molecule has 28 heavy (non-hydrogen) atoms. The summed E-state index contributed by atoms with van der Waals surface area (Å²) >= 11 is 0. The van der Waals surface area contributed by atoms with Crippen molar-refractivity contribution in [3.8, 4) is 0 Å². The molecule has 1 aliphatic heterocycles. The van der Waals surface area contributed by atoms with Crippen molar-refractivity contribution < 1.29 is 22.9 Å². The molecule has 0 spiro atoms. The molecule has 1 heterocycles. The molecule has 144 valence electrons. The van der Waals surface area contributed by atoms with E-state index in [2.05, 4.69) is 5.10 Å². The summed E-state index contributed by atoms with van der Waals surface area (Å²) in [7, 11) is -4.16. The van der Waals surface area contributed by atoms with Crippen LogP contribution in [0.25, 0.3) is 0 Å². The van der Waals surface area contributed by atoms with Crippen LogP contribution in [0.2, 0.25) is 0 Å². The molecule has 2 aromatic carbocycles. The normalized spacial score (nSPS) is 14.2. The number of hydrogen-bond donors (Lipinski definition) is 1. The van der Waals surface area contributed by atoms with Crippen LogP contribution in [-0.4, -0.2) is 42.3 Å². The number of carbonyl (C=O) groups is 2. The molecular weight excluding hydrogens is 388 g/mol. The summed E-state index contributed by atoms with van der Waals surface area (Å²) < 4.78 is 24.5. The lowest BCUT2D eigenvalue weighted by Gasteiger charge is -2.13. The predicted octanol–water partition coefficient (Wildman–Crippen LogP) is 1.55. The Hall–Kier alpha value is -3.60. The summed E-state index contributed by atoms with van der Waals surface area (Å²) in [4.78, 5) is 37.3. The van der Waals surface area contributed by atoms with Crippen LogP contribution < -0.4 is 4.83 Å². The van der Waals surface area contributed by atoms with Gasteiger partial charge in [0.15, 0.2) is 0 Å². The maximum Gasteiger partial charge on any atom is 0.276 e. The number of hydrazone groups is 1. The average molecular weight is 402 g/mol. The quantitative estimate of drug-likeness (QED) is 0.336. The molecule has 10 nitrogen and oxygen atoms in total. The van der Waals surface area contributed by atoms with Crippen LogP contribution in [0.4, 0.5) is 5.69 Å². The standard InChI is InChI=1S/C17H14N4O6S/c1-11(10-20-16(22)14-7-2-3-8-15(14)17(20)23)18-19-28(26,27)13-6-4-5-12(9-13)21(24)25/h2-9,19H,10H2,1H3. The number of benzene rings is 2. The fourth-order valence-corrected chi connectivity index (χ4v) is 3.52. The van der Waals surface area contributed by atoms with Crippen LogP contribution in [-0.2, 0) is 10.0 Å². The monoisotopic (exact) mass is 402 g/mol. The zero-order valence-electron chi connectivity index (χ0n) is 14.5. The molecule has 0 saturated heterocycles. The smallest absolute Gasteiger partial charge is 0.269 e. The van der Waals surface area contributed by atoms with Crippen molar-refractivity contribution in [1.29, 1.82) is 0 Å². The molecule has 2 amide bonds. The number of nitro groups is 1. The summed E-state index contributed by atoms with van der Waals surface area (Å²) in [6, 6.07) is 10.8. The summed E-state index contributed by atoms with van der Waals surface area (Å²) in [5.41, 5.74) is 0.327. The van der Waals surface area contributed by atoms with Crippen molar-refractivity contribution in [3.63, 3.8) is 0 Å². The van der Waals surface area contributed by atoms with E-state index in [4.69, 9.17) is 0 Å². The van der Waals surface area contributed by atoms with E-state index >= 15 is 0 Å². The van der Waals surface area contributed by atoms with E-state index < -0.39 is 26.8 Å². The van der Waals surface area contributed by atoms with Gasteiger partial charge in [0.2, 0.25) is 0 Å². The van der Waals surface area contributed by atoms with Gasteiger partial charge in [-0.25, -0.2) is 4.83 Å². The third-order valence-corrected chi connectivity index (χ3v) is 5.17. The SMILES string of the molecule is CC(CN1C(=O)c2ccccc2C1=O)=NNS(=O)(=O)c1cccc([N+](=O)[O-])c1. The van der Waals surface area contributed by atoms with Crippen LogP contribution in [0.1, 0.15) is 27.6 Å². The van der Waals surface area contributed by atoms with E-state index in [1.54, 1.807) is 12.1 Å². The number of sulfonamides is 1. The summed E-state index contributed by atoms with van der Waals surface area (Å²) in [5.74, 6) is -0.978. The van der Waals surface area contributed by atoms with Gasteiger partial charge in [-0.15, -0.1) is 0 Å². The Balaban J connectivity index is 1.75. The third kappa shape index (κ3) is 3.60. The molecule has 0 radical (unpaired) electrons. The molecule has 0 aromatic heterocycles. The summed E-state index contributed by atoms with van der Waals surface area (Å²) in [5, 5.41) is 14.5. The first kappa shape index (κ1) is 19.2. The Labute approximate surface area is 159 Å². The van der Waals surface area contributed by atoms with E-state index in [0.29, 0.717) is 0 Å². The zero-order chi connectivity index (χ0) is 20.5. The number of carbonyl (C=O) groups excluding carboxylic acids is 2. The number of nitro benzene ring substituents is 1. The number of nitrogens with one attached hydrogen (secondary N) is 1. The molecule has 0 saturated carbocycles. The Morgan fingerprint density at radius 3 is 2.29 bits per heavy atom. The Bertz CT molecular complexity index is 1090. The fraction of sp³-hybridized carbons (Fsp3) is 0.118. The predicted molar refractivity (Wildman–Crippen MR) is 98.3 cm³/mol. The molecule has 3 rings (SSSR count). The number of amides is 2. The third-order valence-electron chi connectivity index (χ3n) is 3.96. The second-order valence-corrected chi connectivity index (χ2v) is 7.60. The summed E-state index contributed by atoms with van der Waals surface area (Å²) in [6.07, 6.45) is 0. The van der Waals surface area contributed by atoms with Crippen molar-refractivity contribution >= 4 is 33.2 Å². The van der Waals surface area contributed by atoms with Crippen LogP contribution in [0, 0.1) is 10.1 Å². The van der Waals surface area contributed by atoms with E-state index in [0.717, 1.165) is 17.0 Å². The molecule has 0 unspecified atom stereocenters. The summed E-state index contributed by atoms with van der Waals surface area (Å²) in [6.45, 7) is 1.24. The van der Waals surface area contributed by atoms with E-state index in [1.807, 2.05) is 4.83 Å². The van der Waals surface area contributed by atoms with Crippen LogP contribution in [0.15, 0.2) is 58.5 Å². The lowest BCUT2D eigenvalue weighted by atomic mass is 10.1. The van der Waals surface area contributed by atoms with Crippen molar-refractivity contribution in [1.82, 2.24) is 9.73 Å². The molecule has 1 N–H and O–H groups in total. The lowest BCUT2D eigenvalue weighted by Crippen LogP contribution is -2.35. The first-order valence-corrected chi connectivity index (χ1v) is 9.43. The molecule has 0 fully saturated rings. The van der Waals surface area contributed by atoms with Crippen molar-refractivity contribution in [2.45, 2.75) is 11.8 Å². The number of nitrogens with zero attached hydrogens (tertiary/aromatic N) is 3. The maximum absolute atomic E-state index is 12.3. The molecule has 1 aliphatic rings. The molecule has 0 aliphatic carbocycles. The molecular formula is C17H14N4O6S. The number of non-ortho nitro benzene ring substituents is 1. The van der Waals surface area contributed by atoms with Gasteiger partial charge in [0.05, 0.1) is 33.2 Å². The van der Waals surface area contributed by atoms with Gasteiger partial charge in [0, 0.05) is 12.1 Å². The van der Waals surface area contributed by atoms with Gasteiger partial charge in [0.25, 0.3) is 27.5 Å². The molecule has 0 bridgehead atoms. The highest BCUT2D eigenvalue weighted by molar-refractivity contribution is 7.89. The average Bonchev–Trinajstić information content (AvgIpc) is 2.92. The number of fused-ring (bicyclic) bond motifs is 1. The van der Waals surface area contributed by atoms with E-state index in [9.17, 15) is 28.1 Å². The minimum absolute atomic E-state index is 0.156. The van der Waals surface area contributed by atoms with Crippen molar-refractivity contribution in [2.75, 3.05) is 6.54 Å². The highest BCUT2D eigenvalue weighted by Crippen LogP contribution is 2.22. The number of hydrogen-bond acceptors (Lipinski definition) is 7. The van der Waals surface area contributed by atoms with E-state index in [1.165, 1.54) is 31.2 Å². The fourth-order valence-electron chi connectivity index (χ4n) is 2.60. The van der Waals surface area contributed by atoms with Gasteiger partial charge in [-0.05, 0) is 25.1 Å². The largest absolute Gasteiger partial charge is 0.276 e. The maximum atomic E-state index is 12.3. The van der Waals surface area contributed by atoms with E-state index in [-0.39, 0.29) is 34.0 Å². The lowest BCUT2D eigenvalue weighted by molar-refractivity contribution is -0.385. The molecule has 2 aromatic rings. The molecule has 0 atom stereocenters. The Morgan fingerprint density at radius 1 is 1.11 bits per heavy atom. The van der Waals surface area contributed by atoms with Gasteiger partial charge in [0.1, 0.15) is 0 Å². The zero-order valence-corrected chi connectivity index (χ0v) is 15.3. The Kier molecular flexibility index (Phi) is 4.92. The minimum atomic E-state index is -4.16. The first-order valence-electron chi connectivity index (χ1n) is 7.95. The van der Waals surface area contributed by atoms with Gasteiger partial charge < -0.3 is 0 Å². The van der Waals surface area contributed by atoms with Crippen molar-refractivity contribution in [3.05, 3.63) is 69.8 Å². The first-order chi connectivity index (χ1) is 13.2. The Morgan fingerprint density at radius 2 is 1.71 bits per heavy atom. The van der Waals surface area contributed by atoms with Crippen LogP contribution >= 0.6 is 0 Å². The molecule has 11 heteroatoms. The highest BCUT2D eigenvalue weighted by Gasteiger charge is 2.35. The second-order valence-electron chi connectivity index (χ2n) is 5.94. The minimum Gasteiger partial charge on any atom is -0.269 e. The van der Waals surface area contributed by atoms with Gasteiger partial charge in [-0.3, -0.25) is 24.6 Å². The van der Waals surface area contributed by atoms with Gasteiger partial charge in [-0.1, -0.05) is 18.2 Å².